The van der Waals surface area contributed by atoms with E-state index < -0.39 is 0 Å². The predicted molar refractivity (Wildman–Crippen MR) is 79.6 cm³/mol. The molecular formula is C14H16BrClN2O. The van der Waals surface area contributed by atoms with E-state index in [-0.39, 0.29) is 5.91 Å². The molecule has 2 saturated heterocycles. The van der Waals surface area contributed by atoms with Crippen molar-refractivity contribution in [2.75, 3.05) is 19.6 Å². The lowest BCUT2D eigenvalue weighted by atomic mass is 9.94. The van der Waals surface area contributed by atoms with E-state index in [1.54, 1.807) is 6.07 Å². The van der Waals surface area contributed by atoms with Crippen molar-refractivity contribution in [3.8, 4) is 0 Å². The van der Waals surface area contributed by atoms with E-state index in [4.69, 9.17) is 11.6 Å². The molecule has 0 aromatic heterocycles. The Kier molecular flexibility index (Phi) is 3.83. The van der Waals surface area contributed by atoms with Gasteiger partial charge in [-0.1, -0.05) is 17.7 Å². The standard InChI is InChI=1S/C14H16BrClN2O/c15-11-5-1-4-10(13(11)16)14(19)18-7-9-3-2-6-17-12(9)8-18/h1,4-5,9,12,17H,2-3,6-8H2. The monoisotopic (exact) mass is 342 g/mol. The van der Waals surface area contributed by atoms with E-state index in [0.717, 1.165) is 24.1 Å². The molecule has 0 saturated carbocycles. The van der Waals surface area contributed by atoms with E-state index in [1.807, 2.05) is 17.0 Å². The topological polar surface area (TPSA) is 32.3 Å². The Labute approximate surface area is 126 Å². The van der Waals surface area contributed by atoms with Gasteiger partial charge in [0.2, 0.25) is 0 Å². The second-order valence-electron chi connectivity index (χ2n) is 5.27. The minimum atomic E-state index is 0.0440. The van der Waals surface area contributed by atoms with Crippen molar-refractivity contribution in [3.05, 3.63) is 33.3 Å². The maximum absolute atomic E-state index is 12.6. The number of hydrogen-bond acceptors (Lipinski definition) is 2. The molecule has 2 fully saturated rings. The van der Waals surface area contributed by atoms with Crippen molar-refractivity contribution in [3.63, 3.8) is 0 Å². The number of amides is 1. The molecule has 1 aromatic carbocycles. The summed E-state index contributed by atoms with van der Waals surface area (Å²) in [5.41, 5.74) is 0.592. The van der Waals surface area contributed by atoms with Crippen LogP contribution in [0.1, 0.15) is 23.2 Å². The highest BCUT2D eigenvalue weighted by Crippen LogP contribution is 2.30. The van der Waals surface area contributed by atoms with Crippen LogP contribution in [0.15, 0.2) is 22.7 Å². The van der Waals surface area contributed by atoms with Crippen LogP contribution < -0.4 is 5.32 Å². The fourth-order valence-electron chi connectivity index (χ4n) is 3.05. The lowest BCUT2D eigenvalue weighted by molar-refractivity contribution is 0.0785. The Hall–Kier alpha value is -0.580. The number of benzene rings is 1. The van der Waals surface area contributed by atoms with Gasteiger partial charge in [0.25, 0.3) is 5.91 Å². The zero-order valence-electron chi connectivity index (χ0n) is 10.5. The van der Waals surface area contributed by atoms with Crippen LogP contribution in [0.5, 0.6) is 0 Å². The van der Waals surface area contributed by atoms with Gasteiger partial charge in [0.1, 0.15) is 0 Å². The van der Waals surface area contributed by atoms with Gasteiger partial charge >= 0.3 is 0 Å². The highest BCUT2D eigenvalue weighted by atomic mass is 79.9. The van der Waals surface area contributed by atoms with E-state index in [1.165, 1.54) is 12.8 Å². The third-order valence-electron chi connectivity index (χ3n) is 4.07. The number of hydrogen-bond donors (Lipinski definition) is 1. The van der Waals surface area contributed by atoms with Crippen molar-refractivity contribution in [2.24, 2.45) is 5.92 Å². The van der Waals surface area contributed by atoms with Crippen LogP contribution in [0.4, 0.5) is 0 Å². The number of nitrogens with one attached hydrogen (secondary N) is 1. The van der Waals surface area contributed by atoms with Gasteiger partial charge in [-0.05, 0) is 53.4 Å². The van der Waals surface area contributed by atoms with Crippen LogP contribution in [-0.2, 0) is 0 Å². The molecule has 0 aliphatic carbocycles. The molecule has 102 valence electrons. The van der Waals surface area contributed by atoms with Crippen molar-refractivity contribution in [1.29, 1.82) is 0 Å². The molecule has 2 aliphatic rings. The van der Waals surface area contributed by atoms with Crippen molar-refractivity contribution in [1.82, 2.24) is 10.2 Å². The molecule has 1 amide bonds. The van der Waals surface area contributed by atoms with Gasteiger partial charge in [-0.15, -0.1) is 0 Å². The second-order valence-corrected chi connectivity index (χ2v) is 6.51. The third-order valence-corrected chi connectivity index (χ3v) is 5.36. The minimum Gasteiger partial charge on any atom is -0.337 e. The molecule has 19 heavy (non-hydrogen) atoms. The Morgan fingerprint density at radius 2 is 2.26 bits per heavy atom. The minimum absolute atomic E-state index is 0.0440. The Morgan fingerprint density at radius 1 is 1.42 bits per heavy atom. The predicted octanol–water partition coefficient (Wildman–Crippen LogP) is 2.93. The number of halogens is 2. The molecule has 0 radical (unpaired) electrons. The van der Waals surface area contributed by atoms with Crippen LogP contribution in [0.3, 0.4) is 0 Å². The average molecular weight is 344 g/mol. The molecule has 1 aromatic rings. The molecular weight excluding hydrogens is 328 g/mol. The highest BCUT2D eigenvalue weighted by Gasteiger charge is 2.37. The molecule has 2 atom stereocenters. The lowest BCUT2D eigenvalue weighted by Crippen LogP contribution is -2.41. The molecule has 2 unspecified atom stereocenters. The molecule has 2 aliphatic heterocycles. The summed E-state index contributed by atoms with van der Waals surface area (Å²) in [6, 6.07) is 5.96. The Bertz CT molecular complexity index is 494. The Morgan fingerprint density at radius 3 is 3.05 bits per heavy atom. The third kappa shape index (κ3) is 2.54. The van der Waals surface area contributed by atoms with Gasteiger partial charge in [0, 0.05) is 23.6 Å². The Balaban J connectivity index is 1.79. The van der Waals surface area contributed by atoms with Crippen molar-refractivity contribution >= 4 is 33.4 Å². The number of fused-ring (bicyclic) bond motifs is 1. The first-order valence-electron chi connectivity index (χ1n) is 6.63. The largest absolute Gasteiger partial charge is 0.337 e. The van der Waals surface area contributed by atoms with Gasteiger partial charge in [0.15, 0.2) is 0 Å². The summed E-state index contributed by atoms with van der Waals surface area (Å²) in [5, 5.41) is 4.02. The van der Waals surface area contributed by atoms with Gasteiger partial charge in [0.05, 0.1) is 10.6 Å². The van der Waals surface area contributed by atoms with Crippen LogP contribution in [0.25, 0.3) is 0 Å². The summed E-state index contributed by atoms with van der Waals surface area (Å²) >= 11 is 9.58. The van der Waals surface area contributed by atoms with Crippen molar-refractivity contribution < 1.29 is 4.79 Å². The molecule has 0 spiro atoms. The maximum atomic E-state index is 12.6. The lowest BCUT2D eigenvalue weighted by Gasteiger charge is -2.24. The summed E-state index contributed by atoms with van der Waals surface area (Å²) in [6.45, 7) is 2.71. The first-order chi connectivity index (χ1) is 9.16. The van der Waals surface area contributed by atoms with E-state index >= 15 is 0 Å². The summed E-state index contributed by atoms with van der Waals surface area (Å²) in [6.07, 6.45) is 2.43. The first-order valence-corrected chi connectivity index (χ1v) is 7.80. The average Bonchev–Trinajstić information content (AvgIpc) is 2.85. The number of nitrogens with zero attached hydrogens (tertiary/aromatic N) is 1. The summed E-state index contributed by atoms with van der Waals surface area (Å²) in [4.78, 5) is 14.5. The van der Waals surface area contributed by atoms with Crippen LogP contribution in [0.2, 0.25) is 5.02 Å². The molecule has 3 rings (SSSR count). The van der Waals surface area contributed by atoms with Crippen LogP contribution >= 0.6 is 27.5 Å². The number of piperidine rings is 1. The number of likely N-dealkylation sites (tertiary alicyclic amines) is 1. The van der Waals surface area contributed by atoms with E-state index in [0.29, 0.717) is 22.5 Å². The van der Waals surface area contributed by atoms with E-state index in [2.05, 4.69) is 21.2 Å². The summed E-state index contributed by atoms with van der Waals surface area (Å²) in [7, 11) is 0. The molecule has 0 bridgehead atoms. The molecule has 5 heteroatoms. The second kappa shape index (κ2) is 5.43. The number of carbonyl (C=O) groups is 1. The van der Waals surface area contributed by atoms with Crippen LogP contribution in [0, 0.1) is 5.92 Å². The normalized spacial score (nSPS) is 26.3. The molecule has 3 nitrogen and oxygen atoms in total. The number of rotatable bonds is 1. The SMILES string of the molecule is O=C(c1cccc(Br)c1Cl)N1CC2CCCNC2C1. The number of carbonyl (C=O) groups excluding carboxylic acids is 1. The van der Waals surface area contributed by atoms with Gasteiger partial charge in [-0.25, -0.2) is 0 Å². The van der Waals surface area contributed by atoms with Crippen LogP contribution in [-0.4, -0.2) is 36.5 Å². The highest BCUT2D eigenvalue weighted by molar-refractivity contribution is 9.10. The molecule has 1 N–H and O–H groups in total. The summed E-state index contributed by atoms with van der Waals surface area (Å²) < 4.78 is 0.773. The fourth-order valence-corrected chi connectivity index (χ4v) is 3.62. The van der Waals surface area contributed by atoms with Gasteiger partial charge in [-0.3, -0.25) is 4.79 Å². The molecule has 2 heterocycles. The smallest absolute Gasteiger partial charge is 0.255 e. The maximum Gasteiger partial charge on any atom is 0.255 e. The zero-order chi connectivity index (χ0) is 13.4. The van der Waals surface area contributed by atoms with Gasteiger partial charge < -0.3 is 10.2 Å². The van der Waals surface area contributed by atoms with Gasteiger partial charge in [-0.2, -0.15) is 0 Å². The first kappa shape index (κ1) is 13.4. The summed E-state index contributed by atoms with van der Waals surface area (Å²) in [5.74, 6) is 0.645. The van der Waals surface area contributed by atoms with Crippen molar-refractivity contribution in [2.45, 2.75) is 18.9 Å². The van der Waals surface area contributed by atoms with E-state index in [9.17, 15) is 4.79 Å². The quantitative estimate of drug-likeness (QED) is 0.850. The zero-order valence-corrected chi connectivity index (χ0v) is 12.9. The fraction of sp³-hybridized carbons (Fsp3) is 0.500.